The van der Waals surface area contributed by atoms with E-state index in [1.807, 2.05) is 6.20 Å². The zero-order valence-electron chi connectivity index (χ0n) is 24.2. The summed E-state index contributed by atoms with van der Waals surface area (Å²) in [6.45, 7) is 13.0. The molecule has 0 spiro atoms. The van der Waals surface area contributed by atoms with Gasteiger partial charge >= 0.3 is 0 Å². The maximum absolute atomic E-state index is 14.9. The quantitative estimate of drug-likeness (QED) is 0.329. The topological polar surface area (TPSA) is 60.9 Å². The predicted octanol–water partition coefficient (Wildman–Crippen LogP) is 7.09. The van der Waals surface area contributed by atoms with Crippen molar-refractivity contribution in [3.8, 4) is 0 Å². The van der Waals surface area contributed by atoms with Crippen molar-refractivity contribution in [2.45, 2.75) is 129 Å². The summed E-state index contributed by atoms with van der Waals surface area (Å²) in [4.78, 5) is 7.42. The fourth-order valence-electron chi connectivity index (χ4n) is 10.3. The van der Waals surface area contributed by atoms with Gasteiger partial charge in [-0.25, -0.2) is 9.37 Å². The molecule has 37 heavy (non-hydrogen) atoms. The Bertz CT molecular complexity index is 891. The summed E-state index contributed by atoms with van der Waals surface area (Å²) >= 11 is 0. The molecule has 0 amide bonds. The number of nitrogens with zero attached hydrogens (tertiary/aromatic N) is 1. The van der Waals surface area contributed by atoms with E-state index in [1.54, 1.807) is 6.33 Å². The van der Waals surface area contributed by atoms with Crippen molar-refractivity contribution >= 4 is 0 Å². The lowest BCUT2D eigenvalue weighted by Crippen LogP contribution is -2.71. The monoisotopic (exact) mass is 515 g/mol. The van der Waals surface area contributed by atoms with Crippen LogP contribution in [0.3, 0.4) is 0 Å². The zero-order chi connectivity index (χ0) is 26.4. The Hall–Kier alpha value is -0.940. The maximum atomic E-state index is 14.9. The van der Waals surface area contributed by atoms with Gasteiger partial charge in [0, 0.05) is 37.0 Å². The van der Waals surface area contributed by atoms with E-state index < -0.39 is 11.8 Å². The molecule has 3 N–H and O–H groups in total. The summed E-state index contributed by atoms with van der Waals surface area (Å²) < 4.78 is 14.9. The number of fused-ring (bicyclic) bond motifs is 5. The van der Waals surface area contributed by atoms with E-state index in [4.69, 9.17) is 0 Å². The molecule has 1 aromatic rings. The molecule has 4 saturated carbocycles. The van der Waals surface area contributed by atoms with Gasteiger partial charge in [0.1, 0.15) is 6.17 Å². The van der Waals surface area contributed by atoms with Crippen molar-refractivity contribution in [3.05, 3.63) is 18.2 Å². The van der Waals surface area contributed by atoms with Gasteiger partial charge in [0.05, 0.1) is 17.6 Å². The molecule has 1 aromatic heterocycles. The molecular weight excluding hydrogens is 461 g/mol. The highest BCUT2D eigenvalue weighted by Crippen LogP contribution is 2.69. The van der Waals surface area contributed by atoms with Crippen LogP contribution in [0.4, 0.5) is 4.39 Å². The Morgan fingerprint density at radius 1 is 1.11 bits per heavy atom. The summed E-state index contributed by atoms with van der Waals surface area (Å²) in [5.74, 6) is 4.31. The van der Waals surface area contributed by atoms with E-state index in [0.717, 1.165) is 55.2 Å². The van der Waals surface area contributed by atoms with Crippen LogP contribution in [0, 0.1) is 46.3 Å². The van der Waals surface area contributed by atoms with Crippen LogP contribution in [0.2, 0.25) is 0 Å². The van der Waals surface area contributed by atoms with Crippen molar-refractivity contribution < 1.29 is 9.50 Å². The maximum Gasteiger partial charge on any atom is 0.103 e. The smallest absolute Gasteiger partial charge is 0.103 e. The molecule has 10 atom stereocenters. The van der Waals surface area contributed by atoms with Crippen LogP contribution in [0.15, 0.2) is 12.5 Å². The van der Waals surface area contributed by atoms with E-state index in [2.05, 4.69) is 49.9 Å². The molecule has 4 fully saturated rings. The molecule has 4 aliphatic carbocycles. The Labute approximate surface area is 225 Å². The minimum atomic E-state index is -0.965. The Morgan fingerprint density at radius 3 is 2.65 bits per heavy atom. The number of alkyl halides is 1. The Balaban J connectivity index is 1.36. The average molecular weight is 516 g/mol. The van der Waals surface area contributed by atoms with Crippen molar-refractivity contribution in [2.75, 3.05) is 6.54 Å². The molecule has 4 nitrogen and oxygen atoms in total. The molecule has 210 valence electrons. The summed E-state index contributed by atoms with van der Waals surface area (Å²) in [5.41, 5.74) is 0.289. The van der Waals surface area contributed by atoms with E-state index in [9.17, 15) is 9.50 Å². The molecule has 1 heterocycles. The lowest BCUT2D eigenvalue weighted by atomic mass is 9.42. The number of halogens is 1. The van der Waals surface area contributed by atoms with Gasteiger partial charge in [0.15, 0.2) is 0 Å². The number of hydrogen-bond acceptors (Lipinski definition) is 3. The molecule has 0 aromatic carbocycles. The van der Waals surface area contributed by atoms with Gasteiger partial charge in [-0.05, 0) is 85.9 Å². The minimum Gasteiger partial charge on any atom is -0.388 e. The molecule has 0 bridgehead atoms. The highest BCUT2D eigenvalue weighted by Gasteiger charge is 2.67. The van der Waals surface area contributed by atoms with E-state index in [0.29, 0.717) is 30.1 Å². The van der Waals surface area contributed by atoms with Gasteiger partial charge in [-0.2, -0.15) is 0 Å². The van der Waals surface area contributed by atoms with Gasteiger partial charge < -0.3 is 15.4 Å². The largest absolute Gasteiger partial charge is 0.388 e. The standard InChI is InChI=1S/C32H54FN3O/c1-21(2)7-6-8-22(3)26-9-10-27-25-17-29(35-16-13-24-19-34-20-36-24)32(37)18-23(33)11-15-31(32,5)28(25)12-14-30(26,27)4/h19-23,25-29,35,37H,6-18H2,1-5H3,(H,34,36)/t22-,23-,25+,26-,27+,28+,29-,30-,31-,32+/m1/s1. The van der Waals surface area contributed by atoms with Crippen molar-refractivity contribution in [3.63, 3.8) is 0 Å². The number of hydrogen-bond donors (Lipinski definition) is 3. The van der Waals surface area contributed by atoms with Gasteiger partial charge in [-0.15, -0.1) is 0 Å². The van der Waals surface area contributed by atoms with Crippen LogP contribution in [0.25, 0.3) is 0 Å². The fraction of sp³-hybridized carbons (Fsp3) is 0.906. The molecule has 4 aliphatic rings. The van der Waals surface area contributed by atoms with Crippen LogP contribution < -0.4 is 5.32 Å². The number of aromatic nitrogens is 2. The fourth-order valence-corrected chi connectivity index (χ4v) is 10.3. The molecular formula is C32H54FN3O. The third-order valence-electron chi connectivity index (χ3n) is 12.4. The molecule has 0 unspecified atom stereocenters. The molecule has 0 radical (unpaired) electrons. The lowest BCUT2D eigenvalue weighted by Gasteiger charge is -2.66. The average Bonchev–Trinajstić information content (AvgIpc) is 3.48. The summed E-state index contributed by atoms with van der Waals surface area (Å²) in [7, 11) is 0. The first-order chi connectivity index (χ1) is 17.6. The first-order valence-corrected chi connectivity index (χ1v) is 15.7. The highest BCUT2D eigenvalue weighted by molar-refractivity contribution is 5.19. The first kappa shape index (κ1) is 27.6. The third-order valence-corrected chi connectivity index (χ3v) is 12.4. The predicted molar refractivity (Wildman–Crippen MR) is 149 cm³/mol. The summed E-state index contributed by atoms with van der Waals surface area (Å²) in [5, 5.41) is 16.1. The van der Waals surface area contributed by atoms with Crippen molar-refractivity contribution in [1.82, 2.24) is 15.3 Å². The van der Waals surface area contributed by atoms with Crippen LogP contribution in [0.5, 0.6) is 0 Å². The van der Waals surface area contributed by atoms with Crippen LogP contribution in [0.1, 0.15) is 111 Å². The second kappa shape index (κ2) is 10.6. The Morgan fingerprint density at radius 2 is 1.92 bits per heavy atom. The van der Waals surface area contributed by atoms with Gasteiger partial charge in [-0.1, -0.05) is 53.9 Å². The second-order valence-electron chi connectivity index (χ2n) is 14.6. The van der Waals surface area contributed by atoms with E-state index in [-0.39, 0.29) is 11.5 Å². The number of nitrogens with one attached hydrogen (secondary N) is 2. The molecule has 5 rings (SSSR count). The van der Waals surface area contributed by atoms with Gasteiger partial charge in [-0.3, -0.25) is 0 Å². The number of aromatic amines is 1. The van der Waals surface area contributed by atoms with Crippen molar-refractivity contribution in [2.24, 2.45) is 46.3 Å². The molecule has 0 saturated heterocycles. The number of aliphatic hydroxyl groups is 1. The normalized spacial score (nSPS) is 44.3. The molecule has 0 aliphatic heterocycles. The van der Waals surface area contributed by atoms with Crippen molar-refractivity contribution in [1.29, 1.82) is 0 Å². The van der Waals surface area contributed by atoms with E-state index in [1.165, 1.54) is 44.9 Å². The number of H-pyrrole nitrogens is 1. The first-order valence-electron chi connectivity index (χ1n) is 15.7. The number of imidazole rings is 1. The minimum absolute atomic E-state index is 0.0406. The van der Waals surface area contributed by atoms with Gasteiger partial charge in [0.2, 0.25) is 0 Å². The lowest BCUT2D eigenvalue weighted by molar-refractivity contribution is -0.228. The second-order valence-corrected chi connectivity index (χ2v) is 14.6. The number of rotatable bonds is 9. The highest BCUT2D eigenvalue weighted by atomic mass is 19.1. The Kier molecular flexibility index (Phi) is 7.88. The van der Waals surface area contributed by atoms with Crippen LogP contribution in [-0.2, 0) is 6.42 Å². The summed E-state index contributed by atoms with van der Waals surface area (Å²) in [6.07, 6.45) is 15.6. The zero-order valence-corrected chi connectivity index (χ0v) is 24.2. The van der Waals surface area contributed by atoms with Gasteiger partial charge in [0.25, 0.3) is 0 Å². The third kappa shape index (κ3) is 4.83. The van der Waals surface area contributed by atoms with Crippen LogP contribution >= 0.6 is 0 Å². The SMILES string of the molecule is CC(C)CCC[C@@H](C)[C@H]1CC[C@H]2[C@@H]3C[C@@H](NCCc4c[nH]cn4)[C@@]4(O)C[C@H](F)CC[C@]4(C)[C@H]3CC[C@]12C. The van der Waals surface area contributed by atoms with Crippen LogP contribution in [-0.4, -0.2) is 39.4 Å². The molecule has 5 heteroatoms. The summed E-state index contributed by atoms with van der Waals surface area (Å²) in [6, 6.07) is -0.0406. The van der Waals surface area contributed by atoms with E-state index >= 15 is 0 Å².